The molecular formula is C10H15N3S. The third-order valence-corrected chi connectivity index (χ3v) is 4.23. The van der Waals surface area contributed by atoms with Crippen LogP contribution in [0.5, 0.6) is 0 Å². The Hall–Kier alpha value is -0.770. The lowest BCUT2D eigenvalue weighted by Crippen LogP contribution is -2.18. The summed E-state index contributed by atoms with van der Waals surface area (Å²) in [5.74, 6) is 2.15. The molecule has 1 atom stereocenters. The Morgan fingerprint density at radius 3 is 2.93 bits per heavy atom. The van der Waals surface area contributed by atoms with Gasteiger partial charge in [-0.15, -0.1) is 11.8 Å². The van der Waals surface area contributed by atoms with Gasteiger partial charge in [-0.25, -0.2) is 9.97 Å². The molecule has 3 nitrogen and oxygen atoms in total. The summed E-state index contributed by atoms with van der Waals surface area (Å²) >= 11 is 1.95. The lowest BCUT2D eigenvalue weighted by Gasteiger charge is -2.20. The van der Waals surface area contributed by atoms with E-state index in [4.69, 9.17) is 5.73 Å². The Morgan fingerprint density at radius 1 is 1.57 bits per heavy atom. The van der Waals surface area contributed by atoms with Crippen molar-refractivity contribution in [2.75, 3.05) is 11.5 Å². The maximum Gasteiger partial charge on any atom is 0.144 e. The molecule has 76 valence electrons. The van der Waals surface area contributed by atoms with E-state index >= 15 is 0 Å². The SMILES string of the molecule is Cc1nc(C2(C)CCCS2)ncc1N. The highest BCUT2D eigenvalue weighted by Crippen LogP contribution is 2.44. The molecule has 0 spiro atoms. The molecule has 1 aliphatic rings. The summed E-state index contributed by atoms with van der Waals surface area (Å²) in [7, 11) is 0. The first-order valence-electron chi connectivity index (χ1n) is 4.85. The first kappa shape index (κ1) is 9.77. The van der Waals surface area contributed by atoms with Crippen molar-refractivity contribution in [3.05, 3.63) is 17.7 Å². The highest BCUT2D eigenvalue weighted by Gasteiger charge is 2.34. The van der Waals surface area contributed by atoms with E-state index in [1.807, 2.05) is 18.7 Å². The zero-order chi connectivity index (χ0) is 10.2. The van der Waals surface area contributed by atoms with Crippen LogP contribution in [0, 0.1) is 6.92 Å². The van der Waals surface area contributed by atoms with E-state index in [0.717, 1.165) is 11.5 Å². The predicted molar refractivity (Wildman–Crippen MR) is 60.2 cm³/mol. The molecular weight excluding hydrogens is 194 g/mol. The van der Waals surface area contributed by atoms with Crippen LogP contribution in [0.15, 0.2) is 6.20 Å². The fraction of sp³-hybridized carbons (Fsp3) is 0.600. The number of nitrogen functional groups attached to an aromatic ring is 1. The van der Waals surface area contributed by atoms with Crippen LogP contribution in [-0.4, -0.2) is 15.7 Å². The third kappa shape index (κ3) is 1.59. The van der Waals surface area contributed by atoms with Gasteiger partial charge >= 0.3 is 0 Å². The molecule has 4 heteroatoms. The summed E-state index contributed by atoms with van der Waals surface area (Å²) in [5.41, 5.74) is 7.27. The van der Waals surface area contributed by atoms with E-state index in [9.17, 15) is 0 Å². The van der Waals surface area contributed by atoms with Gasteiger partial charge in [-0.1, -0.05) is 0 Å². The number of rotatable bonds is 1. The number of nitrogens with zero attached hydrogens (tertiary/aromatic N) is 2. The van der Waals surface area contributed by atoms with Gasteiger partial charge < -0.3 is 5.73 Å². The maximum atomic E-state index is 5.70. The van der Waals surface area contributed by atoms with Crippen LogP contribution in [-0.2, 0) is 4.75 Å². The average molecular weight is 209 g/mol. The van der Waals surface area contributed by atoms with Crippen molar-refractivity contribution in [2.24, 2.45) is 0 Å². The molecule has 1 saturated heterocycles. The molecule has 1 aliphatic heterocycles. The smallest absolute Gasteiger partial charge is 0.144 e. The number of aryl methyl sites for hydroxylation is 1. The summed E-state index contributed by atoms with van der Waals surface area (Å²) in [6, 6.07) is 0. The van der Waals surface area contributed by atoms with Crippen molar-refractivity contribution in [1.29, 1.82) is 0 Å². The largest absolute Gasteiger partial charge is 0.396 e. The van der Waals surface area contributed by atoms with Crippen LogP contribution in [0.3, 0.4) is 0 Å². The number of hydrogen-bond donors (Lipinski definition) is 1. The molecule has 0 saturated carbocycles. The molecule has 0 aromatic carbocycles. The van der Waals surface area contributed by atoms with E-state index < -0.39 is 0 Å². The quantitative estimate of drug-likeness (QED) is 0.769. The summed E-state index contributed by atoms with van der Waals surface area (Å²) in [6.07, 6.45) is 4.15. The topological polar surface area (TPSA) is 51.8 Å². The molecule has 1 unspecified atom stereocenters. The highest BCUT2D eigenvalue weighted by molar-refractivity contribution is 8.00. The Bertz CT molecular complexity index is 345. The Kier molecular flexibility index (Phi) is 2.39. The van der Waals surface area contributed by atoms with Crippen molar-refractivity contribution in [3.63, 3.8) is 0 Å². The van der Waals surface area contributed by atoms with Gasteiger partial charge in [0.25, 0.3) is 0 Å². The molecule has 0 aliphatic carbocycles. The van der Waals surface area contributed by atoms with Crippen LogP contribution in [0.2, 0.25) is 0 Å². The van der Waals surface area contributed by atoms with Gasteiger partial charge in [-0.3, -0.25) is 0 Å². The van der Waals surface area contributed by atoms with E-state index in [-0.39, 0.29) is 4.75 Å². The number of anilines is 1. The average Bonchev–Trinajstić information content (AvgIpc) is 2.58. The fourth-order valence-corrected chi connectivity index (χ4v) is 2.94. The minimum absolute atomic E-state index is 0.110. The Balaban J connectivity index is 2.36. The zero-order valence-corrected chi connectivity index (χ0v) is 9.40. The molecule has 0 radical (unpaired) electrons. The van der Waals surface area contributed by atoms with Crippen LogP contribution in [0.1, 0.15) is 31.3 Å². The molecule has 2 N–H and O–H groups in total. The van der Waals surface area contributed by atoms with Crippen molar-refractivity contribution in [3.8, 4) is 0 Å². The summed E-state index contributed by atoms with van der Waals surface area (Å²) in [5, 5.41) is 0. The lowest BCUT2D eigenvalue weighted by atomic mass is 10.0. The summed E-state index contributed by atoms with van der Waals surface area (Å²) in [4.78, 5) is 8.81. The normalized spacial score (nSPS) is 26.7. The minimum atomic E-state index is 0.110. The predicted octanol–water partition coefficient (Wildman–Crippen LogP) is 2.11. The van der Waals surface area contributed by atoms with Gasteiger partial charge in [0.15, 0.2) is 0 Å². The van der Waals surface area contributed by atoms with E-state index in [0.29, 0.717) is 5.69 Å². The minimum Gasteiger partial charge on any atom is -0.396 e. The second kappa shape index (κ2) is 3.42. The van der Waals surface area contributed by atoms with Crippen LogP contribution >= 0.6 is 11.8 Å². The Morgan fingerprint density at radius 2 is 2.36 bits per heavy atom. The zero-order valence-electron chi connectivity index (χ0n) is 8.58. The van der Waals surface area contributed by atoms with Gasteiger partial charge in [0.1, 0.15) is 5.82 Å². The number of nitrogens with two attached hydrogens (primary N) is 1. The second-order valence-electron chi connectivity index (χ2n) is 3.92. The summed E-state index contributed by atoms with van der Waals surface area (Å²) in [6.45, 7) is 4.15. The number of hydrogen-bond acceptors (Lipinski definition) is 4. The molecule has 2 heterocycles. The van der Waals surface area contributed by atoms with Crippen molar-refractivity contribution < 1.29 is 0 Å². The van der Waals surface area contributed by atoms with E-state index in [1.54, 1.807) is 6.20 Å². The molecule has 1 aromatic heterocycles. The van der Waals surface area contributed by atoms with Gasteiger partial charge in [-0.2, -0.15) is 0 Å². The highest BCUT2D eigenvalue weighted by atomic mass is 32.2. The monoisotopic (exact) mass is 209 g/mol. The number of aromatic nitrogens is 2. The molecule has 0 amide bonds. The first-order chi connectivity index (χ1) is 6.62. The molecule has 0 bridgehead atoms. The first-order valence-corrected chi connectivity index (χ1v) is 5.84. The molecule has 1 aromatic rings. The summed E-state index contributed by atoms with van der Waals surface area (Å²) < 4.78 is 0.110. The van der Waals surface area contributed by atoms with Gasteiger partial charge in [0.2, 0.25) is 0 Å². The Labute approximate surface area is 88.5 Å². The van der Waals surface area contributed by atoms with Crippen molar-refractivity contribution in [1.82, 2.24) is 9.97 Å². The van der Waals surface area contributed by atoms with E-state index in [2.05, 4.69) is 16.9 Å². The molecule has 1 fully saturated rings. The molecule has 14 heavy (non-hydrogen) atoms. The van der Waals surface area contributed by atoms with Crippen molar-refractivity contribution in [2.45, 2.75) is 31.4 Å². The van der Waals surface area contributed by atoms with Crippen LogP contribution < -0.4 is 5.73 Å². The van der Waals surface area contributed by atoms with Gasteiger partial charge in [0.05, 0.1) is 22.3 Å². The number of thioether (sulfide) groups is 1. The lowest BCUT2D eigenvalue weighted by molar-refractivity contribution is 0.602. The van der Waals surface area contributed by atoms with Crippen LogP contribution in [0.25, 0.3) is 0 Å². The molecule has 2 rings (SSSR count). The maximum absolute atomic E-state index is 5.70. The fourth-order valence-electron chi connectivity index (χ4n) is 1.69. The van der Waals surface area contributed by atoms with Gasteiger partial charge in [0, 0.05) is 0 Å². The van der Waals surface area contributed by atoms with Gasteiger partial charge in [-0.05, 0) is 32.4 Å². The second-order valence-corrected chi connectivity index (χ2v) is 5.52. The van der Waals surface area contributed by atoms with Crippen LogP contribution in [0.4, 0.5) is 5.69 Å². The standard InChI is InChI=1S/C10H15N3S/c1-7-8(11)6-12-9(13-7)10(2)4-3-5-14-10/h6H,3-5,11H2,1-2H3. The van der Waals surface area contributed by atoms with E-state index in [1.165, 1.54) is 18.6 Å². The third-order valence-electron chi connectivity index (χ3n) is 2.71. The van der Waals surface area contributed by atoms with Crippen molar-refractivity contribution >= 4 is 17.4 Å².